The van der Waals surface area contributed by atoms with Crippen molar-refractivity contribution in [3.8, 4) is 11.1 Å². The molecule has 0 aliphatic carbocycles. The van der Waals surface area contributed by atoms with Gasteiger partial charge in [-0.3, -0.25) is 9.78 Å². The number of rotatable bonds is 6. The lowest BCUT2D eigenvalue weighted by Crippen LogP contribution is -2.13. The van der Waals surface area contributed by atoms with E-state index in [1.54, 1.807) is 23.0 Å². The summed E-state index contributed by atoms with van der Waals surface area (Å²) in [5.74, 6) is -0.0767. The molecule has 0 bridgehead atoms. The number of nitrogens with zero attached hydrogens (tertiary/aromatic N) is 4. The van der Waals surface area contributed by atoms with E-state index in [1.165, 1.54) is 18.0 Å². The molecule has 0 aliphatic heterocycles. The number of aromatic nitrogens is 4. The Morgan fingerprint density at radius 3 is 2.65 bits per heavy atom. The molecule has 1 amide bonds. The lowest BCUT2D eigenvalue weighted by atomic mass is 10.1. The summed E-state index contributed by atoms with van der Waals surface area (Å²) in [7, 11) is 0. The van der Waals surface area contributed by atoms with Crippen LogP contribution in [0.4, 0.5) is 11.6 Å². The number of nitrogens with two attached hydrogens (primary N) is 1. The molecule has 2 aromatic carbocycles. The molecule has 0 saturated heterocycles. The van der Waals surface area contributed by atoms with Gasteiger partial charge in [-0.1, -0.05) is 42.1 Å². The topological polar surface area (TPSA) is 118 Å². The second kappa shape index (κ2) is 9.34. The van der Waals surface area contributed by atoms with Crippen molar-refractivity contribution in [1.82, 2.24) is 19.6 Å². The Balaban J connectivity index is 1.40. The molecule has 0 spiro atoms. The minimum atomic E-state index is -0.273. The summed E-state index contributed by atoms with van der Waals surface area (Å²) in [4.78, 5) is 23.3. The first-order valence-corrected chi connectivity index (χ1v) is 11.3. The van der Waals surface area contributed by atoms with Crippen LogP contribution in [-0.4, -0.2) is 30.6 Å². The normalized spacial score (nSPS) is 11.0. The predicted octanol–water partition coefficient (Wildman–Crippen LogP) is 4.27. The van der Waals surface area contributed by atoms with Gasteiger partial charge < -0.3 is 16.2 Å². The SMILES string of the molecule is Nc1nc2cc(-c3cncc(C(=O)Nc4ccccc4Sc4ccccc4CO)c3)ccn2n1. The van der Waals surface area contributed by atoms with Crippen molar-refractivity contribution in [2.24, 2.45) is 0 Å². The monoisotopic (exact) mass is 468 g/mol. The number of pyridine rings is 2. The van der Waals surface area contributed by atoms with Crippen molar-refractivity contribution < 1.29 is 9.90 Å². The fraction of sp³-hybridized carbons (Fsp3) is 0.0400. The van der Waals surface area contributed by atoms with Crippen LogP contribution >= 0.6 is 11.8 Å². The fourth-order valence-corrected chi connectivity index (χ4v) is 4.53. The van der Waals surface area contributed by atoms with E-state index in [4.69, 9.17) is 5.73 Å². The third-order valence-electron chi connectivity index (χ3n) is 5.19. The van der Waals surface area contributed by atoms with E-state index in [-0.39, 0.29) is 18.5 Å². The van der Waals surface area contributed by atoms with Crippen LogP contribution in [0.1, 0.15) is 15.9 Å². The molecule has 3 heterocycles. The lowest BCUT2D eigenvalue weighted by Gasteiger charge is -2.13. The highest BCUT2D eigenvalue weighted by Crippen LogP contribution is 2.35. The maximum absolute atomic E-state index is 13.1. The zero-order valence-corrected chi connectivity index (χ0v) is 18.7. The number of benzene rings is 2. The predicted molar refractivity (Wildman–Crippen MR) is 132 cm³/mol. The van der Waals surface area contributed by atoms with Gasteiger partial charge in [-0.05, 0) is 47.5 Å². The Hall–Kier alpha value is -4.21. The van der Waals surface area contributed by atoms with E-state index in [2.05, 4.69) is 20.4 Å². The Kier molecular flexibility index (Phi) is 5.94. The van der Waals surface area contributed by atoms with Gasteiger partial charge in [0, 0.05) is 33.9 Å². The first kappa shape index (κ1) is 21.6. The second-order valence-corrected chi connectivity index (χ2v) is 8.55. The Labute approximate surface area is 199 Å². The number of fused-ring (bicyclic) bond motifs is 1. The molecule has 5 aromatic rings. The van der Waals surface area contributed by atoms with Gasteiger partial charge >= 0.3 is 0 Å². The minimum absolute atomic E-state index is 0.0522. The van der Waals surface area contributed by atoms with E-state index >= 15 is 0 Å². The number of aliphatic hydroxyl groups is 1. The minimum Gasteiger partial charge on any atom is -0.392 e. The summed E-state index contributed by atoms with van der Waals surface area (Å²) in [5, 5.41) is 16.7. The van der Waals surface area contributed by atoms with Crippen LogP contribution in [0.25, 0.3) is 16.8 Å². The van der Waals surface area contributed by atoms with E-state index in [0.29, 0.717) is 16.9 Å². The van der Waals surface area contributed by atoms with Gasteiger partial charge in [-0.2, -0.15) is 4.98 Å². The number of anilines is 2. The van der Waals surface area contributed by atoms with Crippen molar-refractivity contribution in [3.63, 3.8) is 0 Å². The van der Waals surface area contributed by atoms with Crippen LogP contribution in [0.3, 0.4) is 0 Å². The third-order valence-corrected chi connectivity index (χ3v) is 6.38. The molecule has 3 aromatic heterocycles. The highest BCUT2D eigenvalue weighted by atomic mass is 32.2. The van der Waals surface area contributed by atoms with E-state index < -0.39 is 0 Å². The maximum Gasteiger partial charge on any atom is 0.257 e. The van der Waals surface area contributed by atoms with Crippen molar-refractivity contribution in [2.45, 2.75) is 16.4 Å². The highest BCUT2D eigenvalue weighted by Gasteiger charge is 2.13. The van der Waals surface area contributed by atoms with E-state index in [0.717, 1.165) is 26.5 Å². The average Bonchev–Trinajstić information content (AvgIpc) is 3.25. The summed E-state index contributed by atoms with van der Waals surface area (Å²) in [6.07, 6.45) is 4.99. The van der Waals surface area contributed by atoms with Crippen molar-refractivity contribution in [3.05, 3.63) is 96.4 Å². The highest BCUT2D eigenvalue weighted by molar-refractivity contribution is 7.99. The number of para-hydroxylation sites is 1. The van der Waals surface area contributed by atoms with Crippen LogP contribution in [0.15, 0.2) is 95.1 Å². The molecule has 34 heavy (non-hydrogen) atoms. The van der Waals surface area contributed by atoms with E-state index in [9.17, 15) is 9.90 Å². The number of nitrogen functional groups attached to an aromatic ring is 1. The largest absolute Gasteiger partial charge is 0.392 e. The number of carbonyl (C=O) groups excluding carboxylic acids is 1. The van der Waals surface area contributed by atoms with Gasteiger partial charge in [0.1, 0.15) is 0 Å². The smallest absolute Gasteiger partial charge is 0.257 e. The number of hydrogen-bond acceptors (Lipinski definition) is 7. The summed E-state index contributed by atoms with van der Waals surface area (Å²) in [6.45, 7) is -0.0522. The van der Waals surface area contributed by atoms with Crippen molar-refractivity contribution in [1.29, 1.82) is 0 Å². The standard InChI is InChI=1S/C25H20N6O2S/c26-25-29-23-12-16(9-10-31(23)30-25)18-11-19(14-27-13-18)24(33)28-20-6-2-4-8-22(20)34-21-7-3-1-5-17(21)15-32/h1-14,32H,15H2,(H2,26,30)(H,28,33). The van der Waals surface area contributed by atoms with Crippen LogP contribution in [0.2, 0.25) is 0 Å². The van der Waals surface area contributed by atoms with Gasteiger partial charge in [0.25, 0.3) is 5.91 Å². The van der Waals surface area contributed by atoms with Crippen molar-refractivity contribution in [2.75, 3.05) is 11.1 Å². The Morgan fingerprint density at radius 2 is 1.79 bits per heavy atom. The Bertz CT molecular complexity index is 1500. The van der Waals surface area contributed by atoms with Gasteiger partial charge in [-0.25, -0.2) is 4.52 Å². The lowest BCUT2D eigenvalue weighted by molar-refractivity contribution is 0.102. The molecule has 8 nitrogen and oxygen atoms in total. The van der Waals surface area contributed by atoms with E-state index in [1.807, 2.05) is 60.7 Å². The molecular formula is C25H20N6O2S. The molecule has 0 radical (unpaired) electrons. The molecule has 4 N–H and O–H groups in total. The molecule has 168 valence electrons. The quantitative estimate of drug-likeness (QED) is 0.341. The molecule has 0 unspecified atom stereocenters. The molecular weight excluding hydrogens is 448 g/mol. The van der Waals surface area contributed by atoms with Crippen LogP contribution in [-0.2, 0) is 6.61 Å². The van der Waals surface area contributed by atoms with Gasteiger partial charge in [0.15, 0.2) is 5.65 Å². The number of hydrogen-bond donors (Lipinski definition) is 3. The summed E-state index contributed by atoms with van der Waals surface area (Å²) in [6, 6.07) is 20.7. The summed E-state index contributed by atoms with van der Waals surface area (Å²) in [5.41, 5.74) is 9.83. The Morgan fingerprint density at radius 1 is 1.00 bits per heavy atom. The zero-order valence-electron chi connectivity index (χ0n) is 17.9. The molecule has 0 saturated carbocycles. The number of aliphatic hydroxyl groups excluding tert-OH is 1. The second-order valence-electron chi connectivity index (χ2n) is 7.47. The summed E-state index contributed by atoms with van der Waals surface area (Å²) >= 11 is 1.49. The van der Waals surface area contributed by atoms with Gasteiger partial charge in [-0.15, -0.1) is 5.10 Å². The van der Waals surface area contributed by atoms with Gasteiger partial charge in [0.05, 0.1) is 17.9 Å². The zero-order chi connectivity index (χ0) is 23.5. The van der Waals surface area contributed by atoms with Crippen LogP contribution in [0.5, 0.6) is 0 Å². The van der Waals surface area contributed by atoms with Crippen LogP contribution < -0.4 is 11.1 Å². The number of nitrogens with one attached hydrogen (secondary N) is 1. The number of amides is 1. The first-order valence-electron chi connectivity index (χ1n) is 10.4. The van der Waals surface area contributed by atoms with Crippen LogP contribution in [0, 0.1) is 0 Å². The molecule has 5 rings (SSSR count). The third kappa shape index (κ3) is 4.47. The average molecular weight is 469 g/mol. The number of carbonyl (C=O) groups is 1. The molecule has 9 heteroatoms. The van der Waals surface area contributed by atoms with Gasteiger partial charge in [0.2, 0.25) is 5.95 Å². The first-order chi connectivity index (χ1) is 16.6. The maximum atomic E-state index is 13.1. The molecule has 0 aliphatic rings. The van der Waals surface area contributed by atoms with Crippen molar-refractivity contribution >= 4 is 35.0 Å². The molecule has 0 atom stereocenters. The molecule has 0 fully saturated rings. The summed E-state index contributed by atoms with van der Waals surface area (Å²) < 4.78 is 1.59. The fourth-order valence-electron chi connectivity index (χ4n) is 3.51.